The third kappa shape index (κ3) is 11.3. The molecule has 14 heteroatoms. The number of benzene rings is 1. The fourth-order valence-electron chi connectivity index (χ4n) is 2.17. The van der Waals surface area contributed by atoms with E-state index in [4.69, 9.17) is 23.7 Å². The summed E-state index contributed by atoms with van der Waals surface area (Å²) in [5, 5.41) is 2.19. The summed E-state index contributed by atoms with van der Waals surface area (Å²) in [5.41, 5.74) is 0. The van der Waals surface area contributed by atoms with E-state index in [-0.39, 0.29) is 38.2 Å². The summed E-state index contributed by atoms with van der Waals surface area (Å²) in [6, 6.07) is -1.49. The lowest BCUT2D eigenvalue weighted by Gasteiger charge is -2.18. The molecule has 0 bridgehead atoms. The number of methoxy groups -OCH3 is 2. The first-order valence-corrected chi connectivity index (χ1v) is 11.2. The van der Waals surface area contributed by atoms with E-state index in [0.717, 1.165) is 11.8 Å². The summed E-state index contributed by atoms with van der Waals surface area (Å²) < 4.78 is 83.9. The van der Waals surface area contributed by atoms with Gasteiger partial charge in [-0.25, -0.2) is 18.4 Å². The third-order valence-electron chi connectivity index (χ3n) is 3.83. The predicted molar refractivity (Wildman–Crippen MR) is 113 cm³/mol. The summed E-state index contributed by atoms with van der Waals surface area (Å²) >= 11 is 1.14. The Balaban J connectivity index is 2.71. The highest BCUT2D eigenvalue weighted by Crippen LogP contribution is 2.27. The molecule has 0 spiro atoms. The van der Waals surface area contributed by atoms with Crippen LogP contribution in [-0.4, -0.2) is 90.1 Å². The Hall–Kier alpha value is -2.13. The maximum atomic E-state index is 13.9. The number of esters is 1. The van der Waals surface area contributed by atoms with Gasteiger partial charge in [-0.05, 0) is 0 Å². The first-order chi connectivity index (χ1) is 16.3. The van der Waals surface area contributed by atoms with Crippen molar-refractivity contribution >= 4 is 23.8 Å². The van der Waals surface area contributed by atoms with E-state index >= 15 is 0 Å². The number of alkyl carbamates (subject to hydrolysis) is 1. The van der Waals surface area contributed by atoms with Crippen LogP contribution in [-0.2, 0) is 28.5 Å². The number of carbonyl (C=O) groups is 2. The van der Waals surface area contributed by atoms with Crippen molar-refractivity contribution in [1.29, 1.82) is 0 Å². The summed E-state index contributed by atoms with van der Waals surface area (Å²) in [5.74, 6) is -9.92. The molecule has 0 radical (unpaired) electrons. The fourth-order valence-corrected chi connectivity index (χ4v) is 3.02. The molecule has 194 valence electrons. The highest BCUT2D eigenvalue weighted by molar-refractivity contribution is 7.99. The molecule has 0 fully saturated rings. The van der Waals surface area contributed by atoms with Gasteiger partial charge in [-0.15, -0.1) is 0 Å². The second-order valence-electron chi connectivity index (χ2n) is 6.34. The molecule has 1 aromatic carbocycles. The van der Waals surface area contributed by atoms with Crippen LogP contribution in [0.2, 0.25) is 0 Å². The van der Waals surface area contributed by atoms with Gasteiger partial charge in [-0.2, -0.15) is 20.5 Å². The second kappa shape index (κ2) is 17.3. The zero-order valence-electron chi connectivity index (χ0n) is 18.7. The lowest BCUT2D eigenvalue weighted by atomic mass is 10.3. The van der Waals surface area contributed by atoms with E-state index in [9.17, 15) is 27.2 Å². The van der Waals surface area contributed by atoms with Crippen molar-refractivity contribution in [3.05, 3.63) is 29.3 Å². The summed E-state index contributed by atoms with van der Waals surface area (Å²) in [4.78, 5) is 24.5. The van der Waals surface area contributed by atoms with Crippen LogP contribution >= 0.6 is 11.8 Å². The van der Waals surface area contributed by atoms with Crippen molar-refractivity contribution < 1.29 is 55.6 Å². The number of carbonyl (C=O) groups excluding carboxylic acids is 2. The van der Waals surface area contributed by atoms with Crippen LogP contribution in [0.3, 0.4) is 0 Å². The molecule has 0 aliphatic carbocycles. The molecule has 0 unspecified atom stereocenters. The molecule has 0 saturated carbocycles. The number of thioether (sulfide) groups is 1. The van der Waals surface area contributed by atoms with Gasteiger partial charge < -0.3 is 33.7 Å². The zero-order chi connectivity index (χ0) is 25.3. The number of rotatable bonds is 17. The van der Waals surface area contributed by atoms with Gasteiger partial charge in [0.25, 0.3) is 0 Å². The second-order valence-corrected chi connectivity index (χ2v) is 7.49. The average Bonchev–Trinajstić information content (AvgIpc) is 2.81. The number of halogens is 4. The summed E-state index contributed by atoms with van der Waals surface area (Å²) in [7, 11) is 3.01. The van der Waals surface area contributed by atoms with Crippen molar-refractivity contribution in [3.8, 4) is 5.75 Å². The van der Waals surface area contributed by atoms with Gasteiger partial charge in [0.2, 0.25) is 17.4 Å². The average molecular weight is 517 g/mol. The first kappa shape index (κ1) is 29.9. The molecular weight excluding hydrogens is 490 g/mol. The Morgan fingerprint density at radius 1 is 0.882 bits per heavy atom. The first-order valence-electron chi connectivity index (χ1n) is 10.0. The Kier molecular flexibility index (Phi) is 15.2. The topological polar surface area (TPSA) is 102 Å². The van der Waals surface area contributed by atoms with Crippen LogP contribution < -0.4 is 10.1 Å². The van der Waals surface area contributed by atoms with E-state index in [2.05, 4.69) is 10.1 Å². The molecular formula is C20H27F4NO8S. The lowest BCUT2D eigenvalue weighted by molar-refractivity contribution is -0.136. The number of nitrogens with one attached hydrogen (secondary N) is 1. The van der Waals surface area contributed by atoms with Crippen LogP contribution in [0.4, 0.5) is 22.4 Å². The normalized spacial score (nSPS) is 11.8. The molecule has 1 atom stereocenters. The van der Waals surface area contributed by atoms with Crippen molar-refractivity contribution in [2.75, 3.05) is 72.0 Å². The van der Waals surface area contributed by atoms with Gasteiger partial charge in [-0.1, -0.05) is 0 Å². The van der Waals surface area contributed by atoms with Gasteiger partial charge in [0.1, 0.15) is 12.6 Å². The smallest absolute Gasteiger partial charge is 0.407 e. The van der Waals surface area contributed by atoms with Crippen LogP contribution in [0.5, 0.6) is 5.75 Å². The van der Waals surface area contributed by atoms with Gasteiger partial charge in [0.15, 0.2) is 11.6 Å². The Labute approximate surface area is 198 Å². The minimum Gasteiger partial charge on any atom is -0.447 e. The number of hydrogen-bond donors (Lipinski definition) is 1. The maximum Gasteiger partial charge on any atom is 0.407 e. The molecule has 1 aromatic rings. The highest BCUT2D eigenvalue weighted by atomic mass is 32.2. The van der Waals surface area contributed by atoms with Crippen molar-refractivity contribution in [3.63, 3.8) is 0 Å². The Morgan fingerprint density at radius 2 is 1.44 bits per heavy atom. The Bertz CT molecular complexity index is 748. The predicted octanol–water partition coefficient (Wildman–Crippen LogP) is 2.30. The van der Waals surface area contributed by atoms with Crippen LogP contribution in [0.15, 0.2) is 6.07 Å². The zero-order valence-corrected chi connectivity index (χ0v) is 19.5. The van der Waals surface area contributed by atoms with Crippen molar-refractivity contribution in [1.82, 2.24) is 5.32 Å². The highest BCUT2D eigenvalue weighted by Gasteiger charge is 2.28. The minimum atomic E-state index is -1.89. The van der Waals surface area contributed by atoms with Crippen LogP contribution in [0, 0.1) is 23.3 Å². The number of ether oxygens (including phenoxy) is 6. The number of hydrogen-bond acceptors (Lipinski definition) is 9. The van der Waals surface area contributed by atoms with E-state index in [1.54, 1.807) is 0 Å². The summed E-state index contributed by atoms with van der Waals surface area (Å²) in [6.45, 7) is 1.56. The molecule has 0 aliphatic heterocycles. The molecule has 0 aliphatic rings. The molecule has 1 rings (SSSR count). The molecule has 1 N–H and O–H groups in total. The molecule has 9 nitrogen and oxygen atoms in total. The number of amides is 1. The molecule has 34 heavy (non-hydrogen) atoms. The third-order valence-corrected chi connectivity index (χ3v) is 4.86. The van der Waals surface area contributed by atoms with E-state index in [1.807, 2.05) is 0 Å². The SMILES string of the molecule is COCCOCCOC(=O)N[C@@H](CSCCOCCOC)C(=O)Oc1c(F)c(F)cc(F)c1F. The van der Waals surface area contributed by atoms with Gasteiger partial charge in [0, 0.05) is 31.8 Å². The van der Waals surface area contributed by atoms with Crippen LogP contribution in [0.25, 0.3) is 0 Å². The molecule has 0 heterocycles. The van der Waals surface area contributed by atoms with Crippen molar-refractivity contribution in [2.45, 2.75) is 6.04 Å². The molecule has 1 amide bonds. The Morgan fingerprint density at radius 3 is 2.03 bits per heavy atom. The standard InChI is InChI=1S/C20H27F4NO8S/c1-28-3-5-30-7-8-32-20(27)25-15(12-34-10-9-31-6-4-29-2)19(26)33-18-16(23)13(21)11-14(22)17(18)24/h11,15H,3-10,12H2,1-2H3,(H,25,27)/t15-/m0/s1. The van der Waals surface area contributed by atoms with Gasteiger partial charge >= 0.3 is 12.1 Å². The molecule has 0 saturated heterocycles. The maximum absolute atomic E-state index is 13.9. The fraction of sp³-hybridized carbons (Fsp3) is 0.600. The van der Waals surface area contributed by atoms with Gasteiger partial charge in [0.05, 0.1) is 39.6 Å². The largest absolute Gasteiger partial charge is 0.447 e. The van der Waals surface area contributed by atoms with E-state index in [1.165, 1.54) is 14.2 Å². The van der Waals surface area contributed by atoms with E-state index in [0.29, 0.717) is 25.6 Å². The van der Waals surface area contributed by atoms with Crippen LogP contribution in [0.1, 0.15) is 0 Å². The van der Waals surface area contributed by atoms with Crippen molar-refractivity contribution in [2.24, 2.45) is 0 Å². The monoisotopic (exact) mass is 517 g/mol. The molecule has 0 aromatic heterocycles. The van der Waals surface area contributed by atoms with E-state index < -0.39 is 47.1 Å². The summed E-state index contributed by atoms with van der Waals surface area (Å²) in [6.07, 6.45) is -1.04. The minimum absolute atomic E-state index is 0.0246. The quantitative estimate of drug-likeness (QED) is 0.110. The van der Waals surface area contributed by atoms with Gasteiger partial charge in [-0.3, -0.25) is 0 Å². The lowest BCUT2D eigenvalue weighted by Crippen LogP contribution is -2.45.